The zero-order valence-corrected chi connectivity index (χ0v) is 9.57. The van der Waals surface area contributed by atoms with Crippen LogP contribution in [0.1, 0.15) is 19.8 Å². The minimum absolute atomic E-state index is 0.529. The highest BCUT2D eigenvalue weighted by atomic mass is 32.2. The van der Waals surface area contributed by atoms with Gasteiger partial charge in [0.25, 0.3) is 0 Å². The molecule has 2 nitrogen and oxygen atoms in total. The number of thioether (sulfide) groups is 1. The lowest BCUT2D eigenvalue weighted by Gasteiger charge is -2.42. The van der Waals surface area contributed by atoms with Crippen molar-refractivity contribution < 1.29 is 0 Å². The van der Waals surface area contributed by atoms with Gasteiger partial charge in [-0.3, -0.25) is 4.90 Å². The molecule has 0 bridgehead atoms. The van der Waals surface area contributed by atoms with Crippen LogP contribution in [0.15, 0.2) is 0 Å². The first-order valence-electron chi connectivity index (χ1n) is 5.34. The quantitative estimate of drug-likeness (QED) is 0.633. The predicted molar refractivity (Wildman–Crippen MR) is 59.2 cm³/mol. The van der Waals surface area contributed by atoms with Gasteiger partial charge in [-0.25, -0.2) is 0 Å². The summed E-state index contributed by atoms with van der Waals surface area (Å²) in [6.45, 7) is 7.40. The predicted octanol–water partition coefficient (Wildman–Crippen LogP) is 1.48. The second kappa shape index (κ2) is 3.79. The van der Waals surface area contributed by atoms with E-state index >= 15 is 0 Å². The fraction of sp³-hybridized carbons (Fsp3) is 1.00. The van der Waals surface area contributed by atoms with Crippen molar-refractivity contribution in [3.05, 3.63) is 0 Å². The molecule has 0 N–H and O–H groups in total. The van der Waals surface area contributed by atoms with Gasteiger partial charge in [0.15, 0.2) is 0 Å². The van der Waals surface area contributed by atoms with Crippen molar-refractivity contribution in [2.45, 2.75) is 24.6 Å². The van der Waals surface area contributed by atoms with Crippen LogP contribution in [-0.4, -0.2) is 53.7 Å². The van der Waals surface area contributed by atoms with Crippen LogP contribution >= 0.6 is 11.8 Å². The number of hydrogen-bond donors (Lipinski definition) is 0. The first-order chi connectivity index (χ1) is 6.27. The molecule has 0 aromatic carbocycles. The zero-order valence-electron chi connectivity index (χ0n) is 8.75. The number of likely N-dealkylation sites (tertiary alicyclic amines) is 1. The lowest BCUT2D eigenvalue weighted by atomic mass is 10.0. The monoisotopic (exact) mass is 200 g/mol. The molecule has 2 saturated heterocycles. The van der Waals surface area contributed by atoms with Crippen molar-refractivity contribution in [3.8, 4) is 0 Å². The number of hydrogen-bond acceptors (Lipinski definition) is 3. The Morgan fingerprint density at radius 1 is 1.23 bits per heavy atom. The largest absolute Gasteiger partial charge is 0.306 e. The molecule has 3 heteroatoms. The third-order valence-corrected chi connectivity index (χ3v) is 5.05. The molecule has 1 spiro atoms. The van der Waals surface area contributed by atoms with E-state index in [0.29, 0.717) is 4.87 Å². The molecule has 2 rings (SSSR count). The van der Waals surface area contributed by atoms with Gasteiger partial charge in [-0.05, 0) is 26.4 Å². The summed E-state index contributed by atoms with van der Waals surface area (Å²) in [4.78, 5) is 5.67. The number of piperidine rings is 1. The Morgan fingerprint density at radius 3 is 2.54 bits per heavy atom. The maximum absolute atomic E-state index is 2.69. The summed E-state index contributed by atoms with van der Waals surface area (Å²) in [6, 6.07) is 0. The van der Waals surface area contributed by atoms with Gasteiger partial charge in [0.2, 0.25) is 0 Å². The number of rotatable bonds is 1. The summed E-state index contributed by atoms with van der Waals surface area (Å²) in [7, 11) is 2.24. The second-order valence-electron chi connectivity index (χ2n) is 4.18. The van der Waals surface area contributed by atoms with E-state index in [4.69, 9.17) is 0 Å². The molecule has 0 saturated carbocycles. The van der Waals surface area contributed by atoms with Gasteiger partial charge in [-0.1, -0.05) is 6.92 Å². The van der Waals surface area contributed by atoms with E-state index in [1.807, 2.05) is 0 Å². The Morgan fingerprint density at radius 2 is 1.92 bits per heavy atom. The van der Waals surface area contributed by atoms with Crippen LogP contribution in [0.25, 0.3) is 0 Å². The zero-order chi connectivity index (χ0) is 9.31. The molecule has 0 aromatic heterocycles. The fourth-order valence-electron chi connectivity index (χ4n) is 2.52. The van der Waals surface area contributed by atoms with E-state index in [9.17, 15) is 0 Å². The standard InChI is InChI=1S/C10H20N2S/c1-3-12-8-9-13-10(12)4-6-11(2)7-5-10/h3-9H2,1-2H3. The number of nitrogens with zero attached hydrogens (tertiary/aromatic N) is 2. The topological polar surface area (TPSA) is 6.48 Å². The fourth-order valence-corrected chi connectivity index (χ4v) is 4.08. The highest BCUT2D eigenvalue weighted by molar-refractivity contribution is 8.00. The van der Waals surface area contributed by atoms with Crippen LogP contribution in [0.4, 0.5) is 0 Å². The second-order valence-corrected chi connectivity index (χ2v) is 5.63. The Hall–Kier alpha value is 0.270. The summed E-state index contributed by atoms with van der Waals surface area (Å²) in [5.41, 5.74) is 0. The minimum Gasteiger partial charge on any atom is -0.306 e. The molecule has 0 atom stereocenters. The van der Waals surface area contributed by atoms with Crippen molar-refractivity contribution in [1.82, 2.24) is 9.80 Å². The Labute approximate surface area is 85.7 Å². The molecule has 13 heavy (non-hydrogen) atoms. The van der Waals surface area contributed by atoms with Crippen LogP contribution in [-0.2, 0) is 0 Å². The lowest BCUT2D eigenvalue weighted by Crippen LogP contribution is -2.49. The van der Waals surface area contributed by atoms with Crippen LogP contribution in [0.5, 0.6) is 0 Å². The smallest absolute Gasteiger partial charge is 0.0695 e. The van der Waals surface area contributed by atoms with E-state index < -0.39 is 0 Å². The lowest BCUT2D eigenvalue weighted by molar-refractivity contribution is 0.117. The molecule has 76 valence electrons. The van der Waals surface area contributed by atoms with Gasteiger partial charge in [-0.15, -0.1) is 11.8 Å². The highest BCUT2D eigenvalue weighted by Crippen LogP contribution is 2.43. The van der Waals surface area contributed by atoms with E-state index in [2.05, 4.69) is 35.5 Å². The van der Waals surface area contributed by atoms with Crippen LogP contribution in [0.3, 0.4) is 0 Å². The summed E-state index contributed by atoms with van der Waals surface area (Å²) in [6.07, 6.45) is 2.73. The van der Waals surface area contributed by atoms with Crippen molar-refractivity contribution in [3.63, 3.8) is 0 Å². The maximum atomic E-state index is 2.69. The van der Waals surface area contributed by atoms with Crippen LogP contribution in [0.2, 0.25) is 0 Å². The summed E-state index contributed by atoms with van der Waals surface area (Å²) < 4.78 is 0. The molecule has 0 aromatic rings. The molecule has 0 unspecified atom stereocenters. The minimum atomic E-state index is 0.529. The van der Waals surface area contributed by atoms with Gasteiger partial charge in [0.1, 0.15) is 0 Å². The highest BCUT2D eigenvalue weighted by Gasteiger charge is 2.42. The van der Waals surface area contributed by atoms with Gasteiger partial charge < -0.3 is 4.90 Å². The van der Waals surface area contributed by atoms with Crippen molar-refractivity contribution in [1.29, 1.82) is 0 Å². The van der Waals surface area contributed by atoms with E-state index in [1.54, 1.807) is 0 Å². The van der Waals surface area contributed by atoms with Crippen LogP contribution in [0, 0.1) is 0 Å². The molecule has 2 aliphatic heterocycles. The van der Waals surface area contributed by atoms with Crippen molar-refractivity contribution in [2.75, 3.05) is 39.0 Å². The van der Waals surface area contributed by atoms with Gasteiger partial charge in [-0.2, -0.15) is 0 Å². The molecule has 0 amide bonds. The molecular weight excluding hydrogens is 180 g/mol. The Kier molecular flexibility index (Phi) is 2.86. The average molecular weight is 200 g/mol. The molecule has 2 fully saturated rings. The molecular formula is C10H20N2S. The average Bonchev–Trinajstić information content (AvgIpc) is 2.54. The molecule has 2 aliphatic rings. The van der Waals surface area contributed by atoms with Crippen molar-refractivity contribution >= 4 is 11.8 Å². The van der Waals surface area contributed by atoms with Gasteiger partial charge in [0.05, 0.1) is 4.87 Å². The maximum Gasteiger partial charge on any atom is 0.0695 e. The Bertz CT molecular complexity index is 176. The molecule has 2 heterocycles. The van der Waals surface area contributed by atoms with E-state index in [1.165, 1.54) is 44.8 Å². The molecule has 0 radical (unpaired) electrons. The van der Waals surface area contributed by atoms with Crippen LogP contribution < -0.4 is 0 Å². The van der Waals surface area contributed by atoms with E-state index in [0.717, 1.165) is 0 Å². The third kappa shape index (κ3) is 1.74. The van der Waals surface area contributed by atoms with Crippen molar-refractivity contribution in [2.24, 2.45) is 0 Å². The summed E-state index contributed by atoms with van der Waals surface area (Å²) in [5, 5.41) is 0. The van der Waals surface area contributed by atoms with Gasteiger partial charge >= 0.3 is 0 Å². The molecule has 0 aliphatic carbocycles. The normalized spacial score (nSPS) is 30.0. The first-order valence-corrected chi connectivity index (χ1v) is 6.33. The summed E-state index contributed by atoms with van der Waals surface area (Å²) in [5.74, 6) is 1.34. The summed E-state index contributed by atoms with van der Waals surface area (Å²) >= 11 is 2.20. The van der Waals surface area contributed by atoms with Gasteiger partial charge in [0, 0.05) is 25.4 Å². The SMILES string of the molecule is CCN1CCSC12CCN(C)CC2. The third-order valence-electron chi connectivity index (χ3n) is 3.46. The first kappa shape index (κ1) is 9.81. The Balaban J connectivity index is 2.02. The van der Waals surface area contributed by atoms with E-state index in [-0.39, 0.29) is 0 Å².